The van der Waals surface area contributed by atoms with Gasteiger partial charge < -0.3 is 5.32 Å². The molecule has 3 heteroatoms. The lowest BCUT2D eigenvalue weighted by Crippen LogP contribution is -2.37. The summed E-state index contributed by atoms with van der Waals surface area (Å²) < 4.78 is 1.15. The summed E-state index contributed by atoms with van der Waals surface area (Å²) in [5.74, 6) is 2.42. The Hall–Kier alpha value is 0.01000. The minimum atomic E-state index is 0.525. The molecule has 1 aromatic carbocycles. The highest BCUT2D eigenvalue weighted by Crippen LogP contribution is 2.25. The lowest BCUT2D eigenvalue weighted by atomic mass is 10.1. The van der Waals surface area contributed by atoms with Gasteiger partial charge in [-0.1, -0.05) is 28.1 Å². The summed E-state index contributed by atoms with van der Waals surface area (Å²) in [5.41, 5.74) is 1.40. The Labute approximate surface area is 97.8 Å². The molecule has 1 aliphatic rings. The van der Waals surface area contributed by atoms with Gasteiger partial charge in [-0.05, 0) is 24.6 Å². The van der Waals surface area contributed by atoms with Gasteiger partial charge >= 0.3 is 0 Å². The maximum Gasteiger partial charge on any atom is 0.0414 e. The maximum atomic E-state index is 3.62. The highest BCUT2D eigenvalue weighted by molar-refractivity contribution is 9.10. The first-order valence-corrected chi connectivity index (χ1v) is 6.80. The van der Waals surface area contributed by atoms with Crippen LogP contribution in [0.15, 0.2) is 28.7 Å². The van der Waals surface area contributed by atoms with Crippen LogP contribution in [-0.2, 0) is 0 Å². The summed E-state index contributed by atoms with van der Waals surface area (Å²) >= 11 is 5.49. The predicted molar refractivity (Wildman–Crippen MR) is 66.8 cm³/mol. The molecule has 2 rings (SSSR count). The van der Waals surface area contributed by atoms with Crippen molar-refractivity contribution in [3.8, 4) is 0 Å². The Balaban J connectivity index is 2.10. The fraction of sp³-hybridized carbons (Fsp3) is 0.455. The molecule has 1 aliphatic heterocycles. The van der Waals surface area contributed by atoms with Crippen LogP contribution in [0, 0.1) is 0 Å². The molecule has 1 saturated heterocycles. The van der Waals surface area contributed by atoms with Crippen LogP contribution in [0.1, 0.15) is 18.5 Å². The molecule has 14 heavy (non-hydrogen) atoms. The standard InChI is InChI=1S/C11H14BrNS/c1-8-6-14-7-11(13-8)9-2-4-10(12)5-3-9/h2-5,8,11,13H,6-7H2,1H3. The number of thioether (sulfide) groups is 1. The molecule has 1 nitrogen and oxygen atoms in total. The van der Waals surface area contributed by atoms with E-state index in [0.717, 1.165) is 4.47 Å². The van der Waals surface area contributed by atoms with Crippen molar-refractivity contribution in [1.29, 1.82) is 0 Å². The fourth-order valence-corrected chi connectivity index (χ4v) is 3.06. The van der Waals surface area contributed by atoms with Crippen LogP contribution in [0.4, 0.5) is 0 Å². The molecule has 0 aromatic heterocycles. The van der Waals surface area contributed by atoms with Gasteiger partial charge in [-0.2, -0.15) is 11.8 Å². The zero-order valence-corrected chi connectivity index (χ0v) is 10.6. The van der Waals surface area contributed by atoms with Crippen LogP contribution in [0.3, 0.4) is 0 Å². The molecule has 1 heterocycles. The first kappa shape index (κ1) is 10.5. The van der Waals surface area contributed by atoms with Crippen molar-refractivity contribution < 1.29 is 0 Å². The number of nitrogens with one attached hydrogen (secondary N) is 1. The van der Waals surface area contributed by atoms with Crippen molar-refractivity contribution in [3.63, 3.8) is 0 Å². The third-order valence-corrected chi connectivity index (χ3v) is 4.24. The first-order chi connectivity index (χ1) is 6.75. The zero-order valence-electron chi connectivity index (χ0n) is 8.16. The highest BCUT2D eigenvalue weighted by Gasteiger charge is 2.19. The molecular weight excluding hydrogens is 258 g/mol. The topological polar surface area (TPSA) is 12.0 Å². The smallest absolute Gasteiger partial charge is 0.0414 e. The average Bonchev–Trinajstić information content (AvgIpc) is 2.19. The number of hydrogen-bond donors (Lipinski definition) is 1. The third-order valence-electron chi connectivity index (χ3n) is 2.41. The molecule has 76 valence electrons. The van der Waals surface area contributed by atoms with Gasteiger partial charge in [-0.15, -0.1) is 0 Å². The lowest BCUT2D eigenvalue weighted by Gasteiger charge is -2.28. The number of halogens is 1. The van der Waals surface area contributed by atoms with E-state index in [1.165, 1.54) is 17.1 Å². The van der Waals surface area contributed by atoms with Gasteiger partial charge in [-0.25, -0.2) is 0 Å². The lowest BCUT2D eigenvalue weighted by molar-refractivity contribution is 0.502. The molecule has 0 bridgehead atoms. The second-order valence-electron chi connectivity index (χ2n) is 3.71. The van der Waals surface area contributed by atoms with Gasteiger partial charge in [0, 0.05) is 28.1 Å². The van der Waals surface area contributed by atoms with Gasteiger partial charge in [0.25, 0.3) is 0 Å². The molecule has 0 saturated carbocycles. The van der Waals surface area contributed by atoms with Crippen molar-refractivity contribution in [3.05, 3.63) is 34.3 Å². The quantitative estimate of drug-likeness (QED) is 0.842. The van der Waals surface area contributed by atoms with Crippen LogP contribution < -0.4 is 5.32 Å². The summed E-state index contributed by atoms with van der Waals surface area (Å²) in [5, 5.41) is 3.62. The largest absolute Gasteiger partial charge is 0.306 e. The normalized spacial score (nSPS) is 27.6. The summed E-state index contributed by atoms with van der Waals surface area (Å²) in [6.07, 6.45) is 0. The summed E-state index contributed by atoms with van der Waals surface area (Å²) in [7, 11) is 0. The van der Waals surface area contributed by atoms with E-state index in [9.17, 15) is 0 Å². The van der Waals surface area contributed by atoms with E-state index >= 15 is 0 Å². The third kappa shape index (κ3) is 2.53. The van der Waals surface area contributed by atoms with Crippen molar-refractivity contribution in [2.24, 2.45) is 0 Å². The first-order valence-electron chi connectivity index (χ1n) is 4.85. The van der Waals surface area contributed by atoms with Crippen molar-refractivity contribution in [1.82, 2.24) is 5.32 Å². The molecule has 1 aromatic rings. The highest BCUT2D eigenvalue weighted by atomic mass is 79.9. The molecule has 0 spiro atoms. The Bertz CT molecular complexity index is 299. The molecule has 0 radical (unpaired) electrons. The Kier molecular flexibility index (Phi) is 3.52. The van der Waals surface area contributed by atoms with E-state index in [0.29, 0.717) is 12.1 Å². The number of rotatable bonds is 1. The van der Waals surface area contributed by atoms with E-state index in [-0.39, 0.29) is 0 Å². The van der Waals surface area contributed by atoms with Crippen LogP contribution in [0.25, 0.3) is 0 Å². The van der Waals surface area contributed by atoms with Crippen LogP contribution in [-0.4, -0.2) is 17.5 Å². The van der Waals surface area contributed by atoms with Gasteiger partial charge in [0.2, 0.25) is 0 Å². The van der Waals surface area contributed by atoms with Crippen LogP contribution in [0.5, 0.6) is 0 Å². The molecule has 0 aliphatic carbocycles. The predicted octanol–water partition coefficient (Wildman–Crippen LogP) is 3.22. The molecule has 2 unspecified atom stereocenters. The Morgan fingerprint density at radius 1 is 1.29 bits per heavy atom. The second kappa shape index (κ2) is 4.69. The van der Waals surface area contributed by atoms with E-state index in [1.807, 2.05) is 11.8 Å². The molecule has 0 amide bonds. The van der Waals surface area contributed by atoms with Crippen molar-refractivity contribution >= 4 is 27.7 Å². The molecular formula is C11H14BrNS. The van der Waals surface area contributed by atoms with Gasteiger partial charge in [0.15, 0.2) is 0 Å². The van der Waals surface area contributed by atoms with Crippen molar-refractivity contribution in [2.45, 2.75) is 19.0 Å². The average molecular weight is 272 g/mol. The zero-order chi connectivity index (χ0) is 9.97. The van der Waals surface area contributed by atoms with Crippen LogP contribution >= 0.6 is 27.7 Å². The minimum absolute atomic E-state index is 0.525. The molecule has 1 N–H and O–H groups in total. The van der Waals surface area contributed by atoms with Gasteiger partial charge in [0.05, 0.1) is 0 Å². The fourth-order valence-electron chi connectivity index (χ4n) is 1.69. The SMILES string of the molecule is CC1CSCC(c2ccc(Br)cc2)N1. The van der Waals surface area contributed by atoms with E-state index in [1.54, 1.807) is 0 Å². The molecule has 1 fully saturated rings. The minimum Gasteiger partial charge on any atom is -0.306 e. The number of benzene rings is 1. The number of hydrogen-bond acceptors (Lipinski definition) is 2. The van der Waals surface area contributed by atoms with Crippen LogP contribution in [0.2, 0.25) is 0 Å². The van der Waals surface area contributed by atoms with E-state index < -0.39 is 0 Å². The summed E-state index contributed by atoms with van der Waals surface area (Å²) in [6, 6.07) is 9.77. The monoisotopic (exact) mass is 271 g/mol. The van der Waals surface area contributed by atoms with E-state index in [4.69, 9.17) is 0 Å². The summed E-state index contributed by atoms with van der Waals surface area (Å²) in [6.45, 7) is 2.25. The maximum absolute atomic E-state index is 3.62. The Morgan fingerprint density at radius 2 is 2.00 bits per heavy atom. The Morgan fingerprint density at radius 3 is 2.64 bits per heavy atom. The second-order valence-corrected chi connectivity index (χ2v) is 5.70. The van der Waals surface area contributed by atoms with E-state index in [2.05, 4.69) is 52.4 Å². The molecule has 2 atom stereocenters. The van der Waals surface area contributed by atoms with Crippen molar-refractivity contribution in [2.75, 3.05) is 11.5 Å². The van der Waals surface area contributed by atoms with Gasteiger partial charge in [-0.3, -0.25) is 0 Å². The summed E-state index contributed by atoms with van der Waals surface area (Å²) in [4.78, 5) is 0. The van der Waals surface area contributed by atoms with Gasteiger partial charge in [0.1, 0.15) is 0 Å².